The van der Waals surface area contributed by atoms with E-state index in [2.05, 4.69) is 9.97 Å². The van der Waals surface area contributed by atoms with Gasteiger partial charge in [0, 0.05) is 17.4 Å². The van der Waals surface area contributed by atoms with Crippen LogP contribution in [0.2, 0.25) is 0 Å². The number of anilines is 1. The van der Waals surface area contributed by atoms with E-state index >= 15 is 0 Å². The molecule has 0 aliphatic rings. The van der Waals surface area contributed by atoms with E-state index in [1.165, 1.54) is 7.11 Å². The average Bonchev–Trinajstić information content (AvgIpc) is 2.38. The van der Waals surface area contributed by atoms with Crippen LogP contribution in [0, 0.1) is 0 Å². The van der Waals surface area contributed by atoms with Crippen LogP contribution in [0.1, 0.15) is 0 Å². The van der Waals surface area contributed by atoms with E-state index in [1.807, 2.05) is 24.3 Å². The Labute approximate surface area is 99.2 Å². The molecule has 2 aromatic rings. The number of nitrogens with two attached hydrogens (primary N) is 1. The van der Waals surface area contributed by atoms with Crippen molar-refractivity contribution < 1.29 is 9.47 Å². The lowest BCUT2D eigenvalue weighted by molar-refractivity contribution is 0.353. The van der Waals surface area contributed by atoms with Crippen LogP contribution < -0.4 is 15.2 Å². The second kappa shape index (κ2) is 4.69. The molecule has 5 nitrogen and oxygen atoms in total. The minimum absolute atomic E-state index is 0.264. The Morgan fingerprint density at radius 1 is 1.06 bits per heavy atom. The fourth-order valence-corrected chi connectivity index (χ4v) is 1.53. The van der Waals surface area contributed by atoms with E-state index in [-0.39, 0.29) is 6.01 Å². The van der Waals surface area contributed by atoms with Crippen molar-refractivity contribution in [1.82, 2.24) is 9.97 Å². The van der Waals surface area contributed by atoms with Gasteiger partial charge in [0.15, 0.2) is 0 Å². The van der Waals surface area contributed by atoms with Crippen molar-refractivity contribution in [3.63, 3.8) is 0 Å². The summed E-state index contributed by atoms with van der Waals surface area (Å²) in [6.45, 7) is 0. The summed E-state index contributed by atoms with van der Waals surface area (Å²) >= 11 is 0. The summed E-state index contributed by atoms with van der Waals surface area (Å²) in [6.07, 6.45) is 1.64. The first-order valence-electron chi connectivity index (χ1n) is 5.06. The number of aromatic nitrogens is 2. The predicted molar refractivity (Wildman–Crippen MR) is 65.0 cm³/mol. The molecule has 0 aliphatic heterocycles. The van der Waals surface area contributed by atoms with Gasteiger partial charge in [-0.1, -0.05) is 18.2 Å². The Bertz CT molecular complexity index is 529. The summed E-state index contributed by atoms with van der Waals surface area (Å²) in [5.41, 5.74) is 8.14. The molecule has 5 heteroatoms. The monoisotopic (exact) mass is 231 g/mol. The van der Waals surface area contributed by atoms with Gasteiger partial charge >= 0.3 is 6.01 Å². The fraction of sp³-hybridized carbons (Fsp3) is 0.167. The van der Waals surface area contributed by atoms with Crippen molar-refractivity contribution in [2.45, 2.75) is 0 Å². The highest BCUT2D eigenvalue weighted by molar-refractivity contribution is 5.78. The number of ether oxygens (including phenoxy) is 2. The summed E-state index contributed by atoms with van der Waals surface area (Å²) in [5.74, 6) is 0.440. The van der Waals surface area contributed by atoms with Gasteiger partial charge in [0.1, 0.15) is 0 Å². The van der Waals surface area contributed by atoms with Gasteiger partial charge in [0.2, 0.25) is 5.88 Å². The third kappa shape index (κ3) is 2.13. The number of hydrogen-bond donors (Lipinski definition) is 1. The van der Waals surface area contributed by atoms with Gasteiger partial charge in [0.05, 0.1) is 19.8 Å². The molecule has 0 aliphatic carbocycles. The maximum atomic E-state index is 5.90. The number of hydrogen-bond acceptors (Lipinski definition) is 5. The fourth-order valence-electron chi connectivity index (χ4n) is 1.53. The van der Waals surface area contributed by atoms with Gasteiger partial charge in [-0.3, -0.25) is 0 Å². The van der Waals surface area contributed by atoms with Crippen LogP contribution in [0.25, 0.3) is 11.1 Å². The average molecular weight is 231 g/mol. The zero-order valence-electron chi connectivity index (χ0n) is 9.68. The van der Waals surface area contributed by atoms with E-state index in [0.29, 0.717) is 11.6 Å². The molecule has 0 amide bonds. The summed E-state index contributed by atoms with van der Waals surface area (Å²) in [7, 11) is 3.05. The Hall–Kier alpha value is -2.30. The van der Waals surface area contributed by atoms with Crippen molar-refractivity contribution in [1.29, 1.82) is 0 Å². The SMILES string of the molecule is COc1ncc(-c2ccccc2N)c(OC)n1. The minimum atomic E-state index is 0.264. The van der Waals surface area contributed by atoms with Crippen molar-refractivity contribution >= 4 is 5.69 Å². The van der Waals surface area contributed by atoms with Crippen molar-refractivity contribution in [3.8, 4) is 23.0 Å². The molecule has 0 saturated heterocycles. The van der Waals surface area contributed by atoms with Gasteiger partial charge in [0.25, 0.3) is 0 Å². The van der Waals surface area contributed by atoms with Gasteiger partial charge in [-0.05, 0) is 6.07 Å². The minimum Gasteiger partial charge on any atom is -0.480 e. The quantitative estimate of drug-likeness (QED) is 0.815. The molecule has 0 fully saturated rings. The predicted octanol–water partition coefficient (Wildman–Crippen LogP) is 1.74. The molecule has 1 aromatic carbocycles. The first-order chi connectivity index (χ1) is 8.26. The highest BCUT2D eigenvalue weighted by atomic mass is 16.5. The Balaban J connectivity index is 2.56. The molecular weight excluding hydrogens is 218 g/mol. The number of para-hydroxylation sites is 1. The van der Waals surface area contributed by atoms with Crippen LogP contribution in [0.4, 0.5) is 5.69 Å². The third-order valence-electron chi connectivity index (χ3n) is 2.36. The number of methoxy groups -OCH3 is 2. The zero-order valence-corrected chi connectivity index (χ0v) is 9.68. The van der Waals surface area contributed by atoms with Gasteiger partial charge < -0.3 is 15.2 Å². The largest absolute Gasteiger partial charge is 0.480 e. The molecule has 0 unspecified atom stereocenters. The van der Waals surface area contributed by atoms with Crippen molar-refractivity contribution in [2.75, 3.05) is 20.0 Å². The second-order valence-corrected chi connectivity index (χ2v) is 3.37. The zero-order chi connectivity index (χ0) is 12.3. The standard InChI is InChI=1S/C12H13N3O2/c1-16-11-9(7-14-12(15-11)17-2)8-5-3-4-6-10(8)13/h3-7H,13H2,1-2H3. The van der Waals surface area contributed by atoms with Crippen LogP contribution >= 0.6 is 0 Å². The molecule has 0 spiro atoms. The number of benzene rings is 1. The van der Waals surface area contributed by atoms with Gasteiger partial charge in [-0.15, -0.1) is 0 Å². The Morgan fingerprint density at radius 2 is 1.82 bits per heavy atom. The maximum absolute atomic E-state index is 5.90. The number of rotatable bonds is 3. The number of nitrogens with zero attached hydrogens (tertiary/aromatic N) is 2. The molecular formula is C12H13N3O2. The summed E-state index contributed by atoms with van der Waals surface area (Å²) in [6, 6.07) is 7.74. The summed E-state index contributed by atoms with van der Waals surface area (Å²) in [5, 5.41) is 0. The van der Waals surface area contributed by atoms with Crippen LogP contribution in [-0.2, 0) is 0 Å². The van der Waals surface area contributed by atoms with Crippen LogP contribution in [0.15, 0.2) is 30.5 Å². The lowest BCUT2D eigenvalue weighted by Gasteiger charge is -2.09. The van der Waals surface area contributed by atoms with Crippen molar-refractivity contribution in [2.24, 2.45) is 0 Å². The topological polar surface area (TPSA) is 70.3 Å². The van der Waals surface area contributed by atoms with Crippen LogP contribution in [0.3, 0.4) is 0 Å². The molecule has 17 heavy (non-hydrogen) atoms. The third-order valence-corrected chi connectivity index (χ3v) is 2.36. The number of nitrogen functional groups attached to an aromatic ring is 1. The second-order valence-electron chi connectivity index (χ2n) is 3.37. The molecule has 88 valence electrons. The molecule has 1 heterocycles. The molecule has 0 radical (unpaired) electrons. The normalized spacial score (nSPS) is 10.0. The van der Waals surface area contributed by atoms with E-state index in [9.17, 15) is 0 Å². The highest BCUT2D eigenvalue weighted by Gasteiger charge is 2.12. The van der Waals surface area contributed by atoms with Gasteiger partial charge in [-0.25, -0.2) is 4.98 Å². The maximum Gasteiger partial charge on any atom is 0.319 e. The Kier molecular flexibility index (Phi) is 3.09. The summed E-state index contributed by atoms with van der Waals surface area (Å²) < 4.78 is 10.2. The lowest BCUT2D eigenvalue weighted by atomic mass is 10.1. The van der Waals surface area contributed by atoms with Crippen LogP contribution in [0.5, 0.6) is 11.9 Å². The van der Waals surface area contributed by atoms with E-state index in [0.717, 1.165) is 11.1 Å². The van der Waals surface area contributed by atoms with Crippen molar-refractivity contribution in [3.05, 3.63) is 30.5 Å². The van der Waals surface area contributed by atoms with Gasteiger partial charge in [-0.2, -0.15) is 4.98 Å². The van der Waals surface area contributed by atoms with Crippen LogP contribution in [-0.4, -0.2) is 24.2 Å². The first-order valence-corrected chi connectivity index (χ1v) is 5.06. The van der Waals surface area contributed by atoms with E-state index in [4.69, 9.17) is 15.2 Å². The molecule has 2 N–H and O–H groups in total. The Morgan fingerprint density at radius 3 is 2.47 bits per heavy atom. The lowest BCUT2D eigenvalue weighted by Crippen LogP contribution is -1.99. The smallest absolute Gasteiger partial charge is 0.319 e. The highest BCUT2D eigenvalue weighted by Crippen LogP contribution is 2.32. The molecule has 0 bridgehead atoms. The molecule has 2 rings (SSSR count). The molecule has 1 aromatic heterocycles. The molecule has 0 atom stereocenters. The van der Waals surface area contributed by atoms with E-state index in [1.54, 1.807) is 13.3 Å². The van der Waals surface area contributed by atoms with E-state index < -0.39 is 0 Å². The summed E-state index contributed by atoms with van der Waals surface area (Å²) in [4.78, 5) is 8.17. The molecule has 0 saturated carbocycles. The first kappa shape index (κ1) is 11.2.